The van der Waals surface area contributed by atoms with Gasteiger partial charge in [-0.15, -0.1) is 0 Å². The van der Waals surface area contributed by atoms with E-state index in [2.05, 4.69) is 15.9 Å². The van der Waals surface area contributed by atoms with Crippen molar-refractivity contribution in [3.05, 3.63) is 105 Å². The van der Waals surface area contributed by atoms with E-state index in [0.29, 0.717) is 16.2 Å². The number of halogens is 2. The van der Waals surface area contributed by atoms with Crippen LogP contribution in [0.5, 0.6) is 5.75 Å². The third kappa shape index (κ3) is 5.06. The highest BCUT2D eigenvalue weighted by Gasteiger charge is 2.35. The molecule has 0 radical (unpaired) electrons. The van der Waals surface area contributed by atoms with Crippen LogP contribution in [0.25, 0.3) is 6.08 Å². The summed E-state index contributed by atoms with van der Waals surface area (Å²) >= 11 is 4.37. The molecule has 4 rings (SSSR count). The zero-order chi connectivity index (χ0) is 21.8. The maximum absolute atomic E-state index is 13.7. The van der Waals surface area contributed by atoms with E-state index in [1.54, 1.807) is 48.5 Å². The van der Waals surface area contributed by atoms with E-state index in [1.807, 2.05) is 24.3 Å². The lowest BCUT2D eigenvalue weighted by Crippen LogP contribution is -2.27. The lowest BCUT2D eigenvalue weighted by Gasteiger charge is -2.13. The Morgan fingerprint density at radius 2 is 1.61 bits per heavy atom. The number of imide groups is 1. The summed E-state index contributed by atoms with van der Waals surface area (Å²) in [6, 6.07) is 21.0. The molecular weight excluding hydrogens is 481 g/mol. The maximum Gasteiger partial charge on any atom is 0.293 e. The number of ether oxygens (including phenoxy) is 1. The van der Waals surface area contributed by atoms with E-state index in [-0.39, 0.29) is 30.1 Å². The van der Waals surface area contributed by atoms with Gasteiger partial charge in [-0.1, -0.05) is 64.5 Å². The molecule has 31 heavy (non-hydrogen) atoms. The van der Waals surface area contributed by atoms with Crippen LogP contribution in [0.15, 0.2) is 82.2 Å². The molecule has 0 aliphatic carbocycles. The van der Waals surface area contributed by atoms with Gasteiger partial charge in [-0.3, -0.25) is 14.5 Å². The number of nitrogens with zero attached hydrogens (tertiary/aromatic N) is 1. The third-order valence-electron chi connectivity index (χ3n) is 4.69. The molecule has 0 aromatic heterocycles. The van der Waals surface area contributed by atoms with Gasteiger partial charge in [0.2, 0.25) is 0 Å². The van der Waals surface area contributed by atoms with Gasteiger partial charge < -0.3 is 4.74 Å². The van der Waals surface area contributed by atoms with Crippen LogP contribution in [0.3, 0.4) is 0 Å². The highest BCUT2D eigenvalue weighted by molar-refractivity contribution is 9.10. The van der Waals surface area contributed by atoms with E-state index in [9.17, 15) is 14.0 Å². The van der Waals surface area contributed by atoms with Gasteiger partial charge in [0.05, 0.1) is 11.4 Å². The lowest BCUT2D eigenvalue weighted by molar-refractivity contribution is -0.123. The molecule has 0 bridgehead atoms. The Morgan fingerprint density at radius 1 is 0.935 bits per heavy atom. The molecule has 1 aliphatic rings. The van der Waals surface area contributed by atoms with Crippen molar-refractivity contribution in [2.75, 3.05) is 0 Å². The fraction of sp³-hybridized carbons (Fsp3) is 0.0833. The minimum absolute atomic E-state index is 0.125. The fourth-order valence-corrected chi connectivity index (χ4v) is 4.27. The minimum atomic E-state index is -0.314. The number of rotatable bonds is 6. The second kappa shape index (κ2) is 9.49. The Balaban J connectivity index is 1.42. The summed E-state index contributed by atoms with van der Waals surface area (Å²) in [5.41, 5.74) is 2.11. The van der Waals surface area contributed by atoms with Gasteiger partial charge in [-0.25, -0.2) is 4.39 Å². The number of carbonyl (C=O) groups excluding carboxylic acids is 2. The summed E-state index contributed by atoms with van der Waals surface area (Å²) in [6.45, 7) is 0.339. The summed E-state index contributed by atoms with van der Waals surface area (Å²) in [5.74, 6) is -0.0366. The lowest BCUT2D eigenvalue weighted by atomic mass is 10.2. The molecule has 1 fully saturated rings. The normalized spacial score (nSPS) is 15.0. The number of amides is 2. The molecule has 0 saturated carbocycles. The van der Waals surface area contributed by atoms with Crippen LogP contribution in [0.4, 0.5) is 9.18 Å². The highest BCUT2D eigenvalue weighted by Crippen LogP contribution is 2.34. The van der Waals surface area contributed by atoms with Crippen LogP contribution < -0.4 is 4.74 Å². The summed E-state index contributed by atoms with van der Waals surface area (Å²) in [6.07, 6.45) is 1.69. The van der Waals surface area contributed by atoms with Gasteiger partial charge in [-0.2, -0.15) is 0 Å². The molecule has 7 heteroatoms. The first kappa shape index (κ1) is 21.3. The number of hydrogen-bond acceptors (Lipinski definition) is 4. The smallest absolute Gasteiger partial charge is 0.293 e. The molecule has 0 spiro atoms. The van der Waals surface area contributed by atoms with E-state index in [4.69, 9.17) is 4.74 Å². The van der Waals surface area contributed by atoms with Gasteiger partial charge in [0.15, 0.2) is 0 Å². The average Bonchev–Trinajstić information content (AvgIpc) is 3.03. The van der Waals surface area contributed by atoms with Gasteiger partial charge in [0.25, 0.3) is 11.1 Å². The van der Waals surface area contributed by atoms with E-state index in [0.717, 1.165) is 27.4 Å². The Kier molecular flexibility index (Phi) is 6.53. The van der Waals surface area contributed by atoms with Crippen LogP contribution in [0.2, 0.25) is 0 Å². The van der Waals surface area contributed by atoms with Crippen LogP contribution in [-0.4, -0.2) is 16.0 Å². The van der Waals surface area contributed by atoms with Crippen LogP contribution in [0.1, 0.15) is 16.7 Å². The summed E-state index contributed by atoms with van der Waals surface area (Å²) in [7, 11) is 0. The highest BCUT2D eigenvalue weighted by atomic mass is 79.9. The van der Waals surface area contributed by atoms with Crippen molar-refractivity contribution in [3.8, 4) is 5.75 Å². The van der Waals surface area contributed by atoms with Crippen LogP contribution in [-0.2, 0) is 17.9 Å². The number of hydrogen-bond donors (Lipinski definition) is 0. The first-order chi connectivity index (χ1) is 15.0. The summed E-state index contributed by atoms with van der Waals surface area (Å²) in [5, 5.41) is -0.295. The Labute approximate surface area is 191 Å². The Hall–Kier alpha value is -2.90. The number of thioether (sulfide) groups is 1. The molecule has 3 aromatic rings. The van der Waals surface area contributed by atoms with Gasteiger partial charge in [0.1, 0.15) is 18.2 Å². The second-order valence-corrected chi connectivity index (χ2v) is 8.66. The predicted octanol–water partition coefficient (Wildman–Crippen LogP) is 6.40. The van der Waals surface area contributed by atoms with E-state index < -0.39 is 0 Å². The molecule has 4 nitrogen and oxygen atoms in total. The van der Waals surface area contributed by atoms with Crippen molar-refractivity contribution >= 4 is 44.9 Å². The van der Waals surface area contributed by atoms with Crippen molar-refractivity contribution in [1.82, 2.24) is 4.90 Å². The first-order valence-electron chi connectivity index (χ1n) is 9.46. The van der Waals surface area contributed by atoms with E-state index in [1.165, 1.54) is 11.0 Å². The van der Waals surface area contributed by atoms with Crippen molar-refractivity contribution in [2.45, 2.75) is 13.2 Å². The quantitative estimate of drug-likeness (QED) is 0.369. The van der Waals surface area contributed by atoms with Crippen molar-refractivity contribution in [1.29, 1.82) is 0 Å². The third-order valence-corrected chi connectivity index (χ3v) is 6.37. The fourth-order valence-electron chi connectivity index (χ4n) is 3.02. The molecule has 3 aromatic carbocycles. The first-order valence-corrected chi connectivity index (χ1v) is 11.1. The molecule has 2 amide bonds. The van der Waals surface area contributed by atoms with Crippen LogP contribution in [0, 0.1) is 5.82 Å². The van der Waals surface area contributed by atoms with Crippen molar-refractivity contribution in [3.63, 3.8) is 0 Å². The van der Waals surface area contributed by atoms with Gasteiger partial charge in [-0.05, 0) is 53.2 Å². The second-order valence-electron chi connectivity index (χ2n) is 6.81. The van der Waals surface area contributed by atoms with Gasteiger partial charge in [0, 0.05) is 10.0 Å². The molecule has 1 heterocycles. The molecule has 156 valence electrons. The van der Waals surface area contributed by atoms with Crippen molar-refractivity contribution in [2.24, 2.45) is 0 Å². The monoisotopic (exact) mass is 497 g/mol. The minimum Gasteiger partial charge on any atom is -0.489 e. The van der Waals surface area contributed by atoms with E-state index >= 15 is 0 Å². The predicted molar refractivity (Wildman–Crippen MR) is 123 cm³/mol. The summed E-state index contributed by atoms with van der Waals surface area (Å²) < 4.78 is 20.2. The molecule has 1 saturated heterocycles. The maximum atomic E-state index is 13.7. The Morgan fingerprint density at radius 3 is 2.32 bits per heavy atom. The Bertz CT molecular complexity index is 1160. The topological polar surface area (TPSA) is 46.6 Å². The molecule has 0 atom stereocenters. The van der Waals surface area contributed by atoms with Gasteiger partial charge >= 0.3 is 0 Å². The standard InChI is InChI=1S/C24H17BrFNO3S/c25-20-7-3-1-5-17(20)14-27-23(28)22(31-24(27)29)13-16-9-11-19(12-10-16)30-15-18-6-2-4-8-21(18)26/h1-13H,14-15H2/b22-13-. The average molecular weight is 498 g/mol. The molecule has 0 N–H and O–H groups in total. The SMILES string of the molecule is O=C1S/C(=C\c2ccc(OCc3ccccc3F)cc2)C(=O)N1Cc1ccccc1Br. The molecular formula is C24H17BrFNO3S. The largest absolute Gasteiger partial charge is 0.489 e. The number of carbonyl (C=O) groups is 2. The van der Waals surface area contributed by atoms with Crippen LogP contribution >= 0.6 is 27.7 Å². The zero-order valence-corrected chi connectivity index (χ0v) is 18.7. The number of benzene rings is 3. The molecule has 0 unspecified atom stereocenters. The summed E-state index contributed by atoms with van der Waals surface area (Å²) in [4.78, 5) is 26.7. The van der Waals surface area contributed by atoms with Crippen molar-refractivity contribution < 1.29 is 18.7 Å². The molecule has 1 aliphatic heterocycles. The zero-order valence-electron chi connectivity index (χ0n) is 16.3.